The third kappa shape index (κ3) is 0.800. The monoisotopic (exact) mass is 150 g/mol. The lowest BCUT2D eigenvalue weighted by molar-refractivity contribution is -0.121. The number of ketones is 1. The maximum Gasteiger partial charge on any atom is 0.140 e. The largest absolute Gasteiger partial charge is 0.299 e. The molecule has 2 aliphatic carbocycles. The smallest absolute Gasteiger partial charge is 0.140 e. The quantitative estimate of drug-likeness (QED) is 0.484. The molecular formula is C10H14O. The molecule has 0 radical (unpaired) electrons. The summed E-state index contributed by atoms with van der Waals surface area (Å²) in [4.78, 5) is 11.3. The molecule has 0 amide bonds. The molecule has 11 heavy (non-hydrogen) atoms. The van der Waals surface area contributed by atoms with Crippen molar-refractivity contribution >= 4 is 5.78 Å². The van der Waals surface area contributed by atoms with Gasteiger partial charge in [0.25, 0.3) is 0 Å². The minimum absolute atomic E-state index is 0.183. The van der Waals surface area contributed by atoms with E-state index in [4.69, 9.17) is 0 Å². The molecule has 0 bridgehead atoms. The minimum Gasteiger partial charge on any atom is -0.299 e. The summed E-state index contributed by atoms with van der Waals surface area (Å²) in [6.45, 7) is 6.46. The van der Waals surface area contributed by atoms with Crippen LogP contribution in [0.15, 0.2) is 11.6 Å². The van der Waals surface area contributed by atoms with Gasteiger partial charge in [0, 0.05) is 12.3 Å². The molecule has 0 unspecified atom stereocenters. The van der Waals surface area contributed by atoms with E-state index in [2.05, 4.69) is 19.9 Å². The van der Waals surface area contributed by atoms with Gasteiger partial charge < -0.3 is 0 Å². The van der Waals surface area contributed by atoms with Gasteiger partial charge in [-0.1, -0.05) is 32.4 Å². The molecule has 0 N–H and O–H groups in total. The highest BCUT2D eigenvalue weighted by Crippen LogP contribution is 2.61. The number of rotatable bonds is 0. The van der Waals surface area contributed by atoms with Crippen molar-refractivity contribution in [1.29, 1.82) is 0 Å². The minimum atomic E-state index is 0.183. The lowest BCUT2D eigenvalue weighted by Gasteiger charge is -2.07. The Labute approximate surface area is 67.5 Å². The third-order valence-corrected chi connectivity index (χ3v) is 3.25. The summed E-state index contributed by atoms with van der Waals surface area (Å²) >= 11 is 0. The van der Waals surface area contributed by atoms with Crippen molar-refractivity contribution in [3.63, 3.8) is 0 Å². The van der Waals surface area contributed by atoms with E-state index in [0.717, 1.165) is 6.42 Å². The van der Waals surface area contributed by atoms with E-state index >= 15 is 0 Å². The van der Waals surface area contributed by atoms with Gasteiger partial charge in [0.2, 0.25) is 0 Å². The van der Waals surface area contributed by atoms with E-state index in [-0.39, 0.29) is 5.92 Å². The summed E-state index contributed by atoms with van der Waals surface area (Å²) in [5.41, 5.74) is 1.87. The Morgan fingerprint density at radius 2 is 2.18 bits per heavy atom. The SMILES string of the molecule is C[C@@H]1C=C2[C@H](CC1=O)C2(C)C. The summed E-state index contributed by atoms with van der Waals surface area (Å²) in [5, 5.41) is 0. The fourth-order valence-electron chi connectivity index (χ4n) is 2.12. The van der Waals surface area contributed by atoms with Crippen LogP contribution in [0.3, 0.4) is 0 Å². The molecule has 0 saturated heterocycles. The van der Waals surface area contributed by atoms with E-state index in [1.165, 1.54) is 5.57 Å². The Kier molecular flexibility index (Phi) is 1.14. The van der Waals surface area contributed by atoms with E-state index in [0.29, 0.717) is 17.1 Å². The number of Topliss-reactive ketones (excluding diaryl/α,β-unsaturated/α-hetero) is 1. The zero-order valence-electron chi connectivity index (χ0n) is 7.35. The zero-order valence-corrected chi connectivity index (χ0v) is 7.35. The number of carbonyl (C=O) groups excluding carboxylic acids is 1. The van der Waals surface area contributed by atoms with Crippen molar-refractivity contribution < 1.29 is 4.79 Å². The Balaban J connectivity index is 2.30. The van der Waals surface area contributed by atoms with Gasteiger partial charge >= 0.3 is 0 Å². The van der Waals surface area contributed by atoms with Crippen molar-refractivity contribution in [3.05, 3.63) is 11.6 Å². The van der Waals surface area contributed by atoms with Crippen molar-refractivity contribution in [2.24, 2.45) is 17.3 Å². The van der Waals surface area contributed by atoms with Crippen LogP contribution in [0.25, 0.3) is 0 Å². The summed E-state index contributed by atoms with van der Waals surface area (Å²) in [7, 11) is 0. The highest BCUT2D eigenvalue weighted by atomic mass is 16.1. The number of hydrogen-bond donors (Lipinski definition) is 0. The fourth-order valence-corrected chi connectivity index (χ4v) is 2.12. The maximum atomic E-state index is 11.3. The van der Waals surface area contributed by atoms with Crippen LogP contribution in [0.2, 0.25) is 0 Å². The van der Waals surface area contributed by atoms with E-state index in [1.807, 2.05) is 6.92 Å². The molecule has 2 aliphatic rings. The Bertz CT molecular complexity index is 248. The summed E-state index contributed by atoms with van der Waals surface area (Å²) < 4.78 is 0. The number of fused-ring (bicyclic) bond motifs is 1. The van der Waals surface area contributed by atoms with Crippen molar-refractivity contribution in [1.82, 2.24) is 0 Å². The molecule has 0 aromatic carbocycles. The summed E-state index contributed by atoms with van der Waals surface area (Å²) in [5.74, 6) is 1.19. The summed E-state index contributed by atoms with van der Waals surface area (Å²) in [6, 6.07) is 0. The van der Waals surface area contributed by atoms with E-state index in [9.17, 15) is 4.79 Å². The molecule has 2 rings (SSSR count). The van der Waals surface area contributed by atoms with Crippen LogP contribution in [0.4, 0.5) is 0 Å². The van der Waals surface area contributed by atoms with Crippen LogP contribution in [0.5, 0.6) is 0 Å². The predicted octanol–water partition coefficient (Wildman–Crippen LogP) is 2.18. The number of carbonyl (C=O) groups is 1. The molecule has 1 saturated carbocycles. The average Bonchev–Trinajstić information content (AvgIpc) is 2.39. The van der Waals surface area contributed by atoms with Gasteiger partial charge in [-0.15, -0.1) is 0 Å². The van der Waals surface area contributed by atoms with Crippen LogP contribution >= 0.6 is 0 Å². The first-order valence-corrected chi connectivity index (χ1v) is 4.28. The molecule has 0 aliphatic heterocycles. The standard InChI is InChI=1S/C10H14O/c1-6-4-7-8(5-9(6)11)10(7,2)3/h4,6,8H,5H2,1-3H3/t6-,8+/m1/s1. The van der Waals surface area contributed by atoms with Gasteiger partial charge in [0.05, 0.1) is 0 Å². The predicted molar refractivity (Wildman–Crippen MR) is 44.1 cm³/mol. The highest BCUT2D eigenvalue weighted by Gasteiger charge is 2.54. The van der Waals surface area contributed by atoms with E-state index in [1.54, 1.807) is 0 Å². The normalized spacial score (nSPS) is 39.5. The third-order valence-electron chi connectivity index (χ3n) is 3.25. The molecule has 60 valence electrons. The molecular weight excluding hydrogens is 136 g/mol. The van der Waals surface area contributed by atoms with Gasteiger partial charge in [-0.25, -0.2) is 0 Å². The Morgan fingerprint density at radius 3 is 2.73 bits per heavy atom. The van der Waals surface area contributed by atoms with Crippen molar-refractivity contribution in [2.75, 3.05) is 0 Å². The second-order valence-corrected chi connectivity index (χ2v) is 4.36. The molecule has 1 nitrogen and oxygen atoms in total. The number of hydrogen-bond acceptors (Lipinski definition) is 1. The molecule has 0 aromatic heterocycles. The van der Waals surface area contributed by atoms with Crippen LogP contribution in [0, 0.1) is 17.3 Å². The topological polar surface area (TPSA) is 17.1 Å². The first kappa shape index (κ1) is 7.08. The lowest BCUT2D eigenvalue weighted by Crippen LogP contribution is -2.12. The molecule has 1 fully saturated rings. The summed E-state index contributed by atoms with van der Waals surface area (Å²) in [6.07, 6.45) is 2.95. The highest BCUT2D eigenvalue weighted by molar-refractivity contribution is 5.86. The van der Waals surface area contributed by atoms with Crippen molar-refractivity contribution in [2.45, 2.75) is 27.2 Å². The van der Waals surface area contributed by atoms with Crippen LogP contribution in [-0.4, -0.2) is 5.78 Å². The van der Waals surface area contributed by atoms with Crippen LogP contribution in [-0.2, 0) is 4.79 Å². The molecule has 0 spiro atoms. The molecule has 2 atom stereocenters. The fraction of sp³-hybridized carbons (Fsp3) is 0.700. The lowest BCUT2D eigenvalue weighted by atomic mass is 9.96. The first-order chi connectivity index (χ1) is 5.03. The van der Waals surface area contributed by atoms with Gasteiger partial charge in [-0.05, 0) is 11.3 Å². The first-order valence-electron chi connectivity index (χ1n) is 4.28. The van der Waals surface area contributed by atoms with Gasteiger partial charge in [0.15, 0.2) is 0 Å². The van der Waals surface area contributed by atoms with Gasteiger partial charge in [-0.3, -0.25) is 4.79 Å². The van der Waals surface area contributed by atoms with Crippen LogP contribution < -0.4 is 0 Å². The van der Waals surface area contributed by atoms with Crippen LogP contribution in [0.1, 0.15) is 27.2 Å². The zero-order chi connectivity index (χ0) is 8.22. The Morgan fingerprint density at radius 1 is 1.55 bits per heavy atom. The second-order valence-electron chi connectivity index (χ2n) is 4.36. The Hall–Kier alpha value is -0.590. The number of allylic oxidation sites excluding steroid dienone is 2. The van der Waals surface area contributed by atoms with Crippen molar-refractivity contribution in [3.8, 4) is 0 Å². The molecule has 1 heteroatoms. The molecule has 0 aromatic rings. The van der Waals surface area contributed by atoms with Gasteiger partial charge in [0.1, 0.15) is 5.78 Å². The average molecular weight is 150 g/mol. The second kappa shape index (κ2) is 1.77. The van der Waals surface area contributed by atoms with Gasteiger partial charge in [-0.2, -0.15) is 0 Å². The molecule has 0 heterocycles. The van der Waals surface area contributed by atoms with E-state index < -0.39 is 0 Å². The maximum absolute atomic E-state index is 11.3.